The van der Waals surface area contributed by atoms with Crippen molar-refractivity contribution in [2.75, 3.05) is 38.2 Å². The number of anilines is 1. The van der Waals surface area contributed by atoms with Gasteiger partial charge in [-0.1, -0.05) is 50.9 Å². The van der Waals surface area contributed by atoms with Gasteiger partial charge in [-0.15, -0.1) is 0 Å². The van der Waals surface area contributed by atoms with Crippen LogP contribution in [-0.2, 0) is 16.0 Å². The Labute approximate surface area is 270 Å². The summed E-state index contributed by atoms with van der Waals surface area (Å²) in [6.45, 7) is 9.03. The van der Waals surface area contributed by atoms with Crippen LogP contribution in [0.3, 0.4) is 0 Å². The van der Waals surface area contributed by atoms with E-state index in [9.17, 15) is 9.59 Å². The summed E-state index contributed by atoms with van der Waals surface area (Å²) in [7, 11) is 1.82. The summed E-state index contributed by atoms with van der Waals surface area (Å²) >= 11 is 7.81. The first kappa shape index (κ1) is 31.2. The fourth-order valence-electron chi connectivity index (χ4n) is 7.33. The number of rotatable bonds is 3. The zero-order valence-electron chi connectivity index (χ0n) is 26.2. The molecule has 2 aromatic rings. The molecule has 9 heteroatoms. The van der Waals surface area contributed by atoms with Crippen LogP contribution in [0.4, 0.5) is 10.5 Å². The van der Waals surface area contributed by atoms with E-state index in [1.165, 1.54) is 23.1 Å². The van der Waals surface area contributed by atoms with Gasteiger partial charge in [-0.3, -0.25) is 9.52 Å². The van der Waals surface area contributed by atoms with E-state index in [0.717, 1.165) is 66.5 Å². The Morgan fingerprint density at radius 2 is 1.95 bits per heavy atom. The van der Waals surface area contributed by atoms with E-state index < -0.39 is 5.60 Å². The van der Waals surface area contributed by atoms with Gasteiger partial charge in [-0.05, 0) is 97.0 Å². The highest BCUT2D eigenvalue weighted by Crippen LogP contribution is 2.49. The van der Waals surface area contributed by atoms with Gasteiger partial charge in [0.2, 0.25) is 5.91 Å². The molecule has 3 aliphatic heterocycles. The second-order valence-corrected chi connectivity index (χ2v) is 14.5. The first-order valence-corrected chi connectivity index (χ1v) is 17.3. The van der Waals surface area contributed by atoms with Gasteiger partial charge in [0, 0.05) is 47.8 Å². The van der Waals surface area contributed by atoms with Crippen LogP contribution in [0.25, 0.3) is 0 Å². The molecule has 2 aromatic carbocycles. The standard InChI is InChI=1S/C35H44ClN3O4S/c1-5-7-24-16-27(36)10-12-29(24)26-19-39-18-25-9-13-30(25)35(21-38(4)34(41)43-35)15-6-8-22(2)23(3)33(40)37-44-28-11-14-32(42-20-26)31(39)17-28/h6,10-12,14-17,22-23,25-26,30H,5,7-9,13,18-21H2,1-4H3,(H,37,40)/b15-6+. The number of fused-ring (bicyclic) bond motifs is 3. The number of amides is 2. The number of carbonyl (C=O) groups is 2. The molecule has 2 bridgehead atoms. The first-order chi connectivity index (χ1) is 21.2. The van der Waals surface area contributed by atoms with E-state index in [2.05, 4.69) is 53.8 Å². The van der Waals surface area contributed by atoms with Crippen molar-refractivity contribution in [3.8, 4) is 5.75 Å². The number of aryl methyl sites for hydroxylation is 1. The van der Waals surface area contributed by atoms with Gasteiger partial charge in [0.25, 0.3) is 0 Å². The Morgan fingerprint density at radius 1 is 1.11 bits per heavy atom. The van der Waals surface area contributed by atoms with Crippen LogP contribution in [0.5, 0.6) is 5.75 Å². The number of nitrogens with one attached hydrogen (secondary N) is 1. The van der Waals surface area contributed by atoms with Gasteiger partial charge >= 0.3 is 6.09 Å². The minimum atomic E-state index is -0.663. The van der Waals surface area contributed by atoms with Crippen molar-refractivity contribution in [3.05, 3.63) is 64.7 Å². The third-order valence-corrected chi connectivity index (χ3v) is 11.3. The monoisotopic (exact) mass is 637 g/mol. The first-order valence-electron chi connectivity index (χ1n) is 16.1. The molecule has 1 saturated carbocycles. The maximum atomic E-state index is 13.1. The van der Waals surface area contributed by atoms with E-state index in [4.69, 9.17) is 21.1 Å². The van der Waals surface area contributed by atoms with Crippen LogP contribution in [-0.4, -0.2) is 55.8 Å². The van der Waals surface area contributed by atoms with Crippen molar-refractivity contribution in [2.45, 2.75) is 69.3 Å². The molecular weight excluding hydrogens is 594 g/mol. The summed E-state index contributed by atoms with van der Waals surface area (Å²) in [5, 5.41) is 0.763. The highest BCUT2D eigenvalue weighted by Gasteiger charge is 2.54. The quantitative estimate of drug-likeness (QED) is 0.278. The van der Waals surface area contributed by atoms with Crippen molar-refractivity contribution >= 4 is 41.2 Å². The Balaban J connectivity index is 1.38. The van der Waals surface area contributed by atoms with Crippen LogP contribution in [0, 0.1) is 23.7 Å². The summed E-state index contributed by atoms with van der Waals surface area (Å²) in [6, 6.07) is 12.5. The lowest BCUT2D eigenvalue weighted by atomic mass is 9.64. The lowest BCUT2D eigenvalue weighted by molar-refractivity contribution is -0.123. The van der Waals surface area contributed by atoms with E-state index in [1.54, 1.807) is 4.90 Å². The molecule has 7 nitrogen and oxygen atoms in total. The van der Waals surface area contributed by atoms with Crippen molar-refractivity contribution < 1.29 is 19.1 Å². The smallest absolute Gasteiger partial charge is 0.410 e. The molecule has 6 atom stereocenters. The van der Waals surface area contributed by atoms with Crippen molar-refractivity contribution in [3.63, 3.8) is 0 Å². The summed E-state index contributed by atoms with van der Waals surface area (Å²) < 4.78 is 15.8. The minimum Gasteiger partial charge on any atom is -0.491 e. The molecule has 1 spiro atoms. The number of hydrogen-bond donors (Lipinski definition) is 1. The molecule has 1 N–H and O–H groups in total. The van der Waals surface area contributed by atoms with Crippen LogP contribution < -0.4 is 14.4 Å². The van der Waals surface area contributed by atoms with Gasteiger partial charge in [0.05, 0.1) is 18.8 Å². The molecular formula is C35H44ClN3O4S. The van der Waals surface area contributed by atoms with Crippen LogP contribution in [0.1, 0.15) is 63.5 Å². The number of nitrogens with zero attached hydrogens (tertiary/aromatic N) is 2. The summed E-state index contributed by atoms with van der Waals surface area (Å²) in [5.74, 6) is 1.57. The minimum absolute atomic E-state index is 0.0121. The highest BCUT2D eigenvalue weighted by atomic mass is 35.5. The predicted octanol–water partition coefficient (Wildman–Crippen LogP) is 7.48. The van der Waals surface area contributed by atoms with Crippen molar-refractivity contribution in [2.24, 2.45) is 23.7 Å². The summed E-state index contributed by atoms with van der Waals surface area (Å²) in [4.78, 5) is 31.1. The lowest BCUT2D eigenvalue weighted by Crippen LogP contribution is -2.52. The number of halogens is 1. The van der Waals surface area contributed by atoms with Gasteiger partial charge in [0.1, 0.15) is 5.75 Å². The SMILES string of the molecule is CCCc1cc(Cl)ccc1C1COc2ccc3cc2N(C1)CC1CCC1C1(/C=C/CC(C)C(C)C(=O)NS3)CN(C)C(=O)O1. The number of carbonyl (C=O) groups excluding carboxylic acids is 2. The Bertz CT molecular complexity index is 1430. The molecule has 0 aromatic heterocycles. The number of allylic oxidation sites excluding steroid dienone is 1. The average molecular weight is 638 g/mol. The normalized spacial score (nSPS) is 31.3. The Hall–Kier alpha value is -2.84. The Kier molecular flexibility index (Phi) is 9.12. The molecule has 44 heavy (non-hydrogen) atoms. The fraction of sp³-hybridized carbons (Fsp3) is 0.543. The molecule has 6 rings (SSSR count). The van der Waals surface area contributed by atoms with Crippen LogP contribution in [0.2, 0.25) is 5.02 Å². The number of likely N-dealkylation sites (N-methyl/N-ethyl adjacent to an activating group) is 1. The summed E-state index contributed by atoms with van der Waals surface area (Å²) in [5.41, 5.74) is 2.95. The van der Waals surface area contributed by atoms with Gasteiger partial charge in [-0.2, -0.15) is 0 Å². The van der Waals surface area contributed by atoms with E-state index >= 15 is 0 Å². The number of ether oxygens (including phenoxy) is 2. The lowest BCUT2D eigenvalue weighted by Gasteiger charge is -2.47. The van der Waals surface area contributed by atoms with Gasteiger partial charge in [-0.25, -0.2) is 4.79 Å². The Morgan fingerprint density at radius 3 is 2.68 bits per heavy atom. The van der Waals surface area contributed by atoms with E-state index in [0.29, 0.717) is 19.1 Å². The highest BCUT2D eigenvalue weighted by molar-refractivity contribution is 7.98. The van der Waals surface area contributed by atoms with Crippen LogP contribution >= 0.6 is 23.5 Å². The van der Waals surface area contributed by atoms with Crippen molar-refractivity contribution in [1.82, 2.24) is 9.62 Å². The van der Waals surface area contributed by atoms with Crippen molar-refractivity contribution in [1.29, 1.82) is 0 Å². The second kappa shape index (κ2) is 12.9. The molecule has 3 heterocycles. The fourth-order valence-corrected chi connectivity index (χ4v) is 8.23. The predicted molar refractivity (Wildman–Crippen MR) is 176 cm³/mol. The zero-order valence-corrected chi connectivity index (χ0v) is 27.8. The molecule has 0 radical (unpaired) electrons. The molecule has 6 unspecified atom stereocenters. The third kappa shape index (κ3) is 6.17. The molecule has 1 saturated heterocycles. The molecule has 2 amide bonds. The average Bonchev–Trinajstić information content (AvgIpc) is 3.15. The van der Waals surface area contributed by atoms with Gasteiger partial charge < -0.3 is 19.3 Å². The molecule has 236 valence electrons. The summed E-state index contributed by atoms with van der Waals surface area (Å²) in [6.07, 6.45) is 8.86. The zero-order chi connectivity index (χ0) is 31.0. The maximum absolute atomic E-state index is 13.1. The van der Waals surface area contributed by atoms with Crippen LogP contribution in [0.15, 0.2) is 53.4 Å². The molecule has 2 fully saturated rings. The third-order valence-electron chi connectivity index (χ3n) is 10.2. The topological polar surface area (TPSA) is 71.1 Å². The maximum Gasteiger partial charge on any atom is 0.410 e. The number of hydrogen-bond acceptors (Lipinski definition) is 6. The number of benzene rings is 2. The van der Waals surface area contributed by atoms with E-state index in [1.807, 2.05) is 32.2 Å². The molecule has 1 aliphatic carbocycles. The molecule has 4 aliphatic rings. The van der Waals surface area contributed by atoms with E-state index in [-0.39, 0.29) is 35.7 Å². The van der Waals surface area contributed by atoms with Gasteiger partial charge in [0.15, 0.2) is 5.60 Å². The second-order valence-electron chi connectivity index (χ2n) is 13.2. The largest absolute Gasteiger partial charge is 0.491 e.